The molecule has 0 radical (unpaired) electrons. The van der Waals surface area contributed by atoms with E-state index in [9.17, 15) is 0 Å². The molecular weight excluding hydrogens is 965 g/mol. The van der Waals surface area contributed by atoms with E-state index < -0.39 is 5.41 Å². The minimum Gasteiger partial charge on any atom is -0.310 e. The third kappa shape index (κ3) is 6.66. The van der Waals surface area contributed by atoms with Crippen molar-refractivity contribution in [2.24, 2.45) is 5.92 Å². The molecule has 0 aliphatic heterocycles. The molecule has 80 heavy (non-hydrogen) atoms. The van der Waals surface area contributed by atoms with Gasteiger partial charge in [0.05, 0.1) is 22.2 Å². The molecule has 2 heteroatoms. The third-order valence-corrected chi connectivity index (χ3v) is 18.0. The van der Waals surface area contributed by atoms with Crippen LogP contribution in [0.25, 0.3) is 54.6 Å². The molecule has 3 aliphatic rings. The highest BCUT2D eigenvalue weighted by Crippen LogP contribution is 2.59. The molecule has 0 saturated carbocycles. The molecule has 0 spiro atoms. The molecular formula is C78H54N2. The number of benzene rings is 13. The summed E-state index contributed by atoms with van der Waals surface area (Å²) in [5, 5.41) is 7.41. The van der Waals surface area contributed by atoms with Crippen molar-refractivity contribution in [1.82, 2.24) is 0 Å². The lowest BCUT2D eigenvalue weighted by molar-refractivity contribution is 0.456. The Labute approximate surface area is 467 Å². The van der Waals surface area contributed by atoms with Gasteiger partial charge in [0.1, 0.15) is 0 Å². The normalized spacial score (nSPS) is 15.3. The lowest BCUT2D eigenvalue weighted by atomic mass is 9.62. The Bertz CT molecular complexity index is 4470. The van der Waals surface area contributed by atoms with E-state index in [2.05, 4.69) is 319 Å². The second-order valence-electron chi connectivity index (χ2n) is 21.8. The van der Waals surface area contributed by atoms with E-state index in [0.717, 1.165) is 34.9 Å². The van der Waals surface area contributed by atoms with E-state index >= 15 is 0 Å². The molecule has 376 valence electrons. The molecule has 2 nitrogen and oxygen atoms in total. The van der Waals surface area contributed by atoms with Crippen molar-refractivity contribution >= 4 is 60.8 Å². The second kappa shape index (κ2) is 18.3. The van der Waals surface area contributed by atoms with Crippen LogP contribution >= 0.6 is 0 Å². The van der Waals surface area contributed by atoms with Gasteiger partial charge in [0, 0.05) is 33.5 Å². The quantitative estimate of drug-likeness (QED) is 0.126. The summed E-state index contributed by atoms with van der Waals surface area (Å²) >= 11 is 0. The maximum absolute atomic E-state index is 2.51. The first kappa shape index (κ1) is 46.1. The van der Waals surface area contributed by atoms with Crippen molar-refractivity contribution in [3.63, 3.8) is 0 Å². The lowest BCUT2D eigenvalue weighted by Crippen LogP contribution is -2.36. The van der Waals surface area contributed by atoms with Crippen LogP contribution in [0.2, 0.25) is 0 Å². The van der Waals surface area contributed by atoms with Crippen LogP contribution in [-0.4, -0.2) is 0 Å². The first-order chi connectivity index (χ1) is 39.7. The number of anilines is 5. The molecule has 0 N–H and O–H groups in total. The first-order valence-corrected chi connectivity index (χ1v) is 28.1. The van der Waals surface area contributed by atoms with Gasteiger partial charge >= 0.3 is 0 Å². The molecule has 3 aliphatic carbocycles. The summed E-state index contributed by atoms with van der Waals surface area (Å²) in [6.45, 7) is 0. The molecule has 16 rings (SSSR count). The van der Waals surface area contributed by atoms with E-state index in [1.807, 2.05) is 0 Å². The van der Waals surface area contributed by atoms with E-state index in [-0.39, 0.29) is 11.3 Å². The summed E-state index contributed by atoms with van der Waals surface area (Å²) in [6.07, 6.45) is 8.28. The van der Waals surface area contributed by atoms with Gasteiger partial charge in [0.25, 0.3) is 0 Å². The lowest BCUT2D eigenvalue weighted by Gasteiger charge is -2.41. The van der Waals surface area contributed by atoms with Gasteiger partial charge in [0.15, 0.2) is 0 Å². The van der Waals surface area contributed by atoms with Gasteiger partial charge < -0.3 is 9.80 Å². The minimum atomic E-state index is -0.479. The fourth-order valence-corrected chi connectivity index (χ4v) is 14.7. The van der Waals surface area contributed by atoms with E-state index in [0.29, 0.717) is 0 Å². The molecule has 0 heterocycles. The van der Waals surface area contributed by atoms with Crippen molar-refractivity contribution in [3.8, 4) is 22.3 Å². The van der Waals surface area contributed by atoms with Crippen LogP contribution in [0.3, 0.4) is 0 Å². The zero-order valence-corrected chi connectivity index (χ0v) is 44.1. The average molecular weight is 1020 g/mol. The Morgan fingerprint density at radius 3 is 1.20 bits per heavy atom. The van der Waals surface area contributed by atoms with Gasteiger partial charge in [-0.2, -0.15) is 0 Å². The Morgan fingerprint density at radius 2 is 0.700 bits per heavy atom. The Kier molecular flexibility index (Phi) is 10.5. The predicted octanol–water partition coefficient (Wildman–Crippen LogP) is 20.0. The SMILES string of the molecule is C1=CC(C2(c3ccccc3)c3ccccc3-c3ccccc32)CC=C1N(c1ccccc1)c1ccc2ccc3c(N(c4ccccc4)c4ccc(C5(c6ccccc6)c6ccccc6-c6ccccc65)cc4)ccc4ccc1c2c43. The maximum Gasteiger partial charge on any atom is 0.0713 e. The van der Waals surface area contributed by atoms with Crippen LogP contribution in [-0.2, 0) is 10.8 Å². The Hall–Kier alpha value is -10.0. The maximum atomic E-state index is 2.51. The Balaban J connectivity index is 0.832. The number of fused-ring (bicyclic) bond motifs is 6. The number of hydrogen-bond acceptors (Lipinski definition) is 2. The summed E-state index contributed by atoms with van der Waals surface area (Å²) in [5.41, 5.74) is 20.4. The van der Waals surface area contributed by atoms with Crippen LogP contribution in [0.1, 0.15) is 45.4 Å². The van der Waals surface area contributed by atoms with Crippen LogP contribution in [0, 0.1) is 5.92 Å². The highest BCUT2D eigenvalue weighted by atomic mass is 15.2. The van der Waals surface area contributed by atoms with Crippen molar-refractivity contribution in [3.05, 3.63) is 354 Å². The number of nitrogens with zero attached hydrogens (tertiary/aromatic N) is 2. The van der Waals surface area contributed by atoms with Crippen LogP contribution in [0.4, 0.5) is 28.4 Å². The van der Waals surface area contributed by atoms with E-state index in [1.165, 1.54) is 99.2 Å². The van der Waals surface area contributed by atoms with Crippen molar-refractivity contribution < 1.29 is 0 Å². The molecule has 0 saturated heterocycles. The van der Waals surface area contributed by atoms with E-state index in [1.54, 1.807) is 0 Å². The standard InChI is InChI=1S/C78H54N2/c1-5-21-55(22-6-1)77(69-33-17-13-29-63(69)64-30-14-18-34-70(64)77)57-41-45-61(46-42-57)79(59-25-9-3-10-26-59)73-51-39-53-38-50-68-74(52-40-54-37-49-67(73)75(53)76(54)68)80(60-27-11-4-12-28-60)62-47-43-58(44-48-62)78(56-23-7-2-8-24-56)71-35-19-15-31-65(71)66-32-16-20-36-72(66)78/h1-43,45-52,58H,44H2. The van der Waals surface area contributed by atoms with Crippen molar-refractivity contribution in [2.75, 3.05) is 9.80 Å². The van der Waals surface area contributed by atoms with Crippen molar-refractivity contribution in [2.45, 2.75) is 17.3 Å². The fourth-order valence-electron chi connectivity index (χ4n) is 14.7. The largest absolute Gasteiger partial charge is 0.310 e. The number of allylic oxidation sites excluding steroid dienone is 3. The topological polar surface area (TPSA) is 6.48 Å². The molecule has 0 fully saturated rings. The predicted molar refractivity (Wildman–Crippen MR) is 334 cm³/mol. The molecule has 1 atom stereocenters. The summed E-state index contributed by atoms with van der Waals surface area (Å²) in [6, 6.07) is 108. The van der Waals surface area contributed by atoms with Gasteiger partial charge in [-0.3, -0.25) is 0 Å². The van der Waals surface area contributed by atoms with Gasteiger partial charge in [-0.1, -0.05) is 255 Å². The number of para-hydroxylation sites is 2. The molecule has 0 amide bonds. The zero-order chi connectivity index (χ0) is 52.8. The van der Waals surface area contributed by atoms with Crippen LogP contribution in [0.5, 0.6) is 0 Å². The molecule has 0 bridgehead atoms. The van der Waals surface area contributed by atoms with Crippen LogP contribution in [0.15, 0.2) is 315 Å². The van der Waals surface area contributed by atoms with E-state index in [4.69, 9.17) is 0 Å². The summed E-state index contributed by atoms with van der Waals surface area (Å²) in [4.78, 5) is 4.95. The summed E-state index contributed by atoms with van der Waals surface area (Å²) < 4.78 is 0. The average Bonchev–Trinajstić information content (AvgIpc) is 4.23. The number of hydrogen-bond donors (Lipinski definition) is 0. The monoisotopic (exact) mass is 1020 g/mol. The van der Waals surface area contributed by atoms with Gasteiger partial charge in [0.2, 0.25) is 0 Å². The molecule has 13 aromatic rings. The highest BCUT2D eigenvalue weighted by Gasteiger charge is 2.49. The van der Waals surface area contributed by atoms with Gasteiger partial charge in [-0.15, -0.1) is 0 Å². The molecule has 0 aromatic heterocycles. The molecule has 1 unspecified atom stereocenters. The second-order valence-corrected chi connectivity index (χ2v) is 21.8. The Morgan fingerprint density at radius 1 is 0.312 bits per heavy atom. The summed E-state index contributed by atoms with van der Waals surface area (Å²) in [5.74, 6) is 0.181. The smallest absolute Gasteiger partial charge is 0.0713 e. The van der Waals surface area contributed by atoms with Gasteiger partial charge in [-0.25, -0.2) is 0 Å². The first-order valence-electron chi connectivity index (χ1n) is 28.1. The fraction of sp³-hybridized carbons (Fsp3) is 0.0513. The third-order valence-electron chi connectivity index (χ3n) is 18.0. The van der Waals surface area contributed by atoms with Gasteiger partial charge in [-0.05, 0) is 150 Å². The summed E-state index contributed by atoms with van der Waals surface area (Å²) in [7, 11) is 0. The minimum absolute atomic E-state index is 0.181. The highest BCUT2D eigenvalue weighted by molar-refractivity contribution is 6.28. The van der Waals surface area contributed by atoms with Crippen molar-refractivity contribution in [1.29, 1.82) is 0 Å². The number of rotatable bonds is 10. The van der Waals surface area contributed by atoms with Crippen LogP contribution < -0.4 is 9.80 Å². The molecule has 13 aromatic carbocycles. The zero-order valence-electron chi connectivity index (χ0n) is 44.1.